The second kappa shape index (κ2) is 4.89. The molecule has 16 heavy (non-hydrogen) atoms. The first-order valence-corrected chi connectivity index (χ1v) is 6.87. The first kappa shape index (κ1) is 12.1. The van der Waals surface area contributed by atoms with Crippen molar-refractivity contribution in [1.29, 1.82) is 0 Å². The van der Waals surface area contributed by atoms with E-state index in [2.05, 4.69) is 59.4 Å². The number of hydrogen-bond acceptors (Lipinski definition) is 1. The molecule has 1 nitrogen and oxygen atoms in total. The van der Waals surface area contributed by atoms with Gasteiger partial charge in [0.2, 0.25) is 0 Å². The molecule has 1 N–H and O–H groups in total. The smallest absolute Gasteiger partial charge is 0.0212 e. The van der Waals surface area contributed by atoms with Gasteiger partial charge >= 0.3 is 0 Å². The van der Waals surface area contributed by atoms with E-state index in [4.69, 9.17) is 0 Å². The van der Waals surface area contributed by atoms with Crippen LogP contribution in [0.1, 0.15) is 32.3 Å². The van der Waals surface area contributed by atoms with E-state index in [0.717, 1.165) is 5.92 Å². The lowest BCUT2D eigenvalue weighted by atomic mass is 9.70. The molecule has 2 rings (SSSR count). The maximum atomic E-state index is 3.68. The highest BCUT2D eigenvalue weighted by Gasteiger charge is 2.33. The van der Waals surface area contributed by atoms with Gasteiger partial charge in [0.1, 0.15) is 0 Å². The number of halogens is 1. The Kier molecular flexibility index (Phi) is 3.70. The third-order valence-corrected chi connectivity index (χ3v) is 4.62. The molecule has 0 bridgehead atoms. The highest BCUT2D eigenvalue weighted by molar-refractivity contribution is 9.10. The number of benzene rings is 1. The average Bonchev–Trinajstić information content (AvgIpc) is 2.30. The van der Waals surface area contributed by atoms with Crippen LogP contribution in [0.2, 0.25) is 0 Å². The third-order valence-electron chi connectivity index (χ3n) is 3.93. The molecular weight excluding hydrogens is 262 g/mol. The van der Waals surface area contributed by atoms with Gasteiger partial charge in [0.25, 0.3) is 0 Å². The van der Waals surface area contributed by atoms with Gasteiger partial charge in [-0.1, -0.05) is 48.0 Å². The Balaban J connectivity index is 2.26. The Morgan fingerprint density at radius 2 is 1.81 bits per heavy atom. The Morgan fingerprint density at radius 1 is 1.19 bits per heavy atom. The summed E-state index contributed by atoms with van der Waals surface area (Å²) in [7, 11) is 0. The van der Waals surface area contributed by atoms with Gasteiger partial charge in [0.15, 0.2) is 0 Å². The van der Waals surface area contributed by atoms with Crippen molar-refractivity contribution in [2.45, 2.75) is 32.1 Å². The molecule has 0 radical (unpaired) electrons. The van der Waals surface area contributed by atoms with Crippen LogP contribution in [0.4, 0.5) is 0 Å². The Bertz CT molecular complexity index is 354. The van der Waals surface area contributed by atoms with Crippen molar-refractivity contribution in [3.05, 3.63) is 34.3 Å². The molecule has 2 heteroatoms. The minimum atomic E-state index is 0.266. The van der Waals surface area contributed by atoms with E-state index in [1.165, 1.54) is 36.0 Å². The monoisotopic (exact) mass is 281 g/mol. The molecule has 1 fully saturated rings. The second-order valence-corrected chi connectivity index (χ2v) is 6.08. The van der Waals surface area contributed by atoms with Crippen molar-refractivity contribution in [3.8, 4) is 0 Å². The van der Waals surface area contributed by atoms with Gasteiger partial charge in [-0.05, 0) is 48.9 Å². The summed E-state index contributed by atoms with van der Waals surface area (Å²) in [6, 6.07) is 8.64. The van der Waals surface area contributed by atoms with Crippen molar-refractivity contribution in [2.24, 2.45) is 5.92 Å². The Hall–Kier alpha value is -0.340. The summed E-state index contributed by atoms with van der Waals surface area (Å²) < 4.78 is 1.25. The number of nitrogens with one attached hydrogen (secondary N) is 1. The largest absolute Gasteiger partial charge is 0.317 e. The zero-order valence-corrected chi connectivity index (χ0v) is 11.7. The maximum absolute atomic E-state index is 3.68. The molecule has 0 spiro atoms. The standard InChI is InChI=1S/C14H20BrN/c1-14(2,11-7-9-16-10-8-11)12-5-3-4-6-13(12)15/h3-6,11,16H,7-10H2,1-2H3. The molecule has 0 atom stereocenters. The quantitative estimate of drug-likeness (QED) is 0.871. The van der Waals surface area contributed by atoms with Crippen LogP contribution >= 0.6 is 15.9 Å². The molecule has 1 aliphatic rings. The van der Waals surface area contributed by atoms with Gasteiger partial charge in [-0.25, -0.2) is 0 Å². The Labute approximate surface area is 107 Å². The molecule has 0 aliphatic carbocycles. The molecule has 0 aromatic heterocycles. The molecule has 88 valence electrons. The van der Waals surface area contributed by atoms with Crippen molar-refractivity contribution in [3.63, 3.8) is 0 Å². The average molecular weight is 282 g/mol. The zero-order chi connectivity index (χ0) is 11.6. The summed E-state index contributed by atoms with van der Waals surface area (Å²) in [6.45, 7) is 7.09. The molecule has 1 aromatic carbocycles. The number of piperidine rings is 1. The van der Waals surface area contributed by atoms with Crippen LogP contribution in [0.3, 0.4) is 0 Å². The molecule has 0 saturated carbocycles. The summed E-state index contributed by atoms with van der Waals surface area (Å²) >= 11 is 3.68. The predicted molar refractivity (Wildman–Crippen MR) is 72.8 cm³/mol. The maximum Gasteiger partial charge on any atom is 0.0212 e. The molecule has 1 aromatic rings. The lowest BCUT2D eigenvalue weighted by molar-refractivity contribution is 0.246. The summed E-state index contributed by atoms with van der Waals surface area (Å²) in [5.41, 5.74) is 1.71. The van der Waals surface area contributed by atoms with Crippen molar-refractivity contribution in [2.75, 3.05) is 13.1 Å². The molecule has 0 amide bonds. The SMILES string of the molecule is CC(C)(c1ccccc1Br)C1CCNCC1. The van der Waals surface area contributed by atoms with Gasteiger partial charge in [-0.3, -0.25) is 0 Å². The lowest BCUT2D eigenvalue weighted by Crippen LogP contribution is -2.38. The van der Waals surface area contributed by atoms with Crippen LogP contribution in [0.25, 0.3) is 0 Å². The van der Waals surface area contributed by atoms with E-state index >= 15 is 0 Å². The van der Waals surface area contributed by atoms with Crippen molar-refractivity contribution >= 4 is 15.9 Å². The molecule has 1 saturated heterocycles. The normalized spacial score (nSPS) is 18.7. The molecule has 1 aliphatic heterocycles. The predicted octanol–water partition coefficient (Wildman–Crippen LogP) is 3.73. The summed E-state index contributed by atoms with van der Waals surface area (Å²) in [4.78, 5) is 0. The van der Waals surface area contributed by atoms with E-state index in [1.54, 1.807) is 0 Å². The summed E-state index contributed by atoms with van der Waals surface area (Å²) in [5.74, 6) is 0.785. The Morgan fingerprint density at radius 3 is 2.44 bits per heavy atom. The topological polar surface area (TPSA) is 12.0 Å². The fourth-order valence-corrected chi connectivity index (χ4v) is 3.54. The zero-order valence-electron chi connectivity index (χ0n) is 10.1. The van der Waals surface area contributed by atoms with Crippen LogP contribution < -0.4 is 5.32 Å². The van der Waals surface area contributed by atoms with E-state index in [9.17, 15) is 0 Å². The second-order valence-electron chi connectivity index (χ2n) is 5.23. The van der Waals surface area contributed by atoms with E-state index < -0.39 is 0 Å². The fraction of sp³-hybridized carbons (Fsp3) is 0.571. The minimum absolute atomic E-state index is 0.266. The third kappa shape index (κ3) is 2.33. The van der Waals surface area contributed by atoms with Gasteiger partial charge in [0, 0.05) is 4.47 Å². The van der Waals surface area contributed by atoms with Crippen LogP contribution in [-0.2, 0) is 5.41 Å². The first-order valence-electron chi connectivity index (χ1n) is 6.08. The van der Waals surface area contributed by atoms with Crippen LogP contribution in [0, 0.1) is 5.92 Å². The van der Waals surface area contributed by atoms with E-state index in [1.807, 2.05) is 0 Å². The highest BCUT2D eigenvalue weighted by Crippen LogP contribution is 2.39. The van der Waals surface area contributed by atoms with Crippen LogP contribution in [0.15, 0.2) is 28.7 Å². The molecular formula is C14H20BrN. The molecule has 0 unspecified atom stereocenters. The van der Waals surface area contributed by atoms with Gasteiger partial charge in [-0.15, -0.1) is 0 Å². The van der Waals surface area contributed by atoms with Gasteiger partial charge in [0.05, 0.1) is 0 Å². The van der Waals surface area contributed by atoms with Crippen molar-refractivity contribution < 1.29 is 0 Å². The summed E-state index contributed by atoms with van der Waals surface area (Å²) in [5, 5.41) is 3.44. The highest BCUT2D eigenvalue weighted by atomic mass is 79.9. The number of rotatable bonds is 2. The molecule has 1 heterocycles. The van der Waals surface area contributed by atoms with E-state index in [0.29, 0.717) is 0 Å². The number of hydrogen-bond donors (Lipinski definition) is 1. The van der Waals surface area contributed by atoms with Gasteiger partial charge in [-0.2, -0.15) is 0 Å². The minimum Gasteiger partial charge on any atom is -0.317 e. The van der Waals surface area contributed by atoms with E-state index in [-0.39, 0.29) is 5.41 Å². The fourth-order valence-electron chi connectivity index (χ4n) is 2.75. The summed E-state index contributed by atoms with van der Waals surface area (Å²) in [6.07, 6.45) is 2.57. The first-order chi connectivity index (χ1) is 7.62. The van der Waals surface area contributed by atoms with Crippen LogP contribution in [-0.4, -0.2) is 13.1 Å². The van der Waals surface area contributed by atoms with Crippen molar-refractivity contribution in [1.82, 2.24) is 5.32 Å². The lowest BCUT2D eigenvalue weighted by Gasteiger charge is -2.38. The van der Waals surface area contributed by atoms with Crippen LogP contribution in [0.5, 0.6) is 0 Å². The van der Waals surface area contributed by atoms with Gasteiger partial charge < -0.3 is 5.32 Å².